The quantitative estimate of drug-likeness (QED) is 0.892. The Balaban J connectivity index is 1.83. The van der Waals surface area contributed by atoms with Crippen LogP contribution in [0.2, 0.25) is 0 Å². The number of thiophene rings is 1. The van der Waals surface area contributed by atoms with Crippen LogP contribution in [0.1, 0.15) is 28.9 Å². The second kappa shape index (κ2) is 4.37. The van der Waals surface area contributed by atoms with Gasteiger partial charge in [-0.1, -0.05) is 18.2 Å². The largest absolute Gasteiger partial charge is 0.394 e. The minimum atomic E-state index is -0.368. The molecule has 1 aromatic heterocycles. The first kappa shape index (κ1) is 11.7. The lowest BCUT2D eigenvalue weighted by atomic mass is 9.77. The van der Waals surface area contributed by atoms with Gasteiger partial charge in [0.05, 0.1) is 17.0 Å². The fourth-order valence-electron chi connectivity index (χ4n) is 2.32. The van der Waals surface area contributed by atoms with E-state index in [9.17, 15) is 9.90 Å². The molecule has 1 aromatic carbocycles. The third-order valence-corrected chi connectivity index (χ3v) is 4.76. The van der Waals surface area contributed by atoms with E-state index >= 15 is 0 Å². The van der Waals surface area contributed by atoms with E-state index in [-0.39, 0.29) is 18.1 Å². The van der Waals surface area contributed by atoms with E-state index < -0.39 is 0 Å². The van der Waals surface area contributed by atoms with Crippen molar-refractivity contribution in [1.29, 1.82) is 0 Å². The summed E-state index contributed by atoms with van der Waals surface area (Å²) in [7, 11) is 0. The Kier molecular flexibility index (Phi) is 2.84. The van der Waals surface area contributed by atoms with Crippen molar-refractivity contribution in [3.05, 3.63) is 35.2 Å². The van der Waals surface area contributed by atoms with Crippen molar-refractivity contribution in [2.24, 2.45) is 0 Å². The van der Waals surface area contributed by atoms with Crippen LogP contribution in [0.3, 0.4) is 0 Å². The number of hydrogen-bond donors (Lipinski definition) is 2. The normalized spacial score (nSPS) is 17.4. The van der Waals surface area contributed by atoms with Crippen molar-refractivity contribution < 1.29 is 9.90 Å². The zero-order valence-electron chi connectivity index (χ0n) is 9.98. The molecule has 0 bridgehead atoms. The highest BCUT2D eigenvalue weighted by Gasteiger charge is 2.38. The van der Waals surface area contributed by atoms with Crippen LogP contribution in [0, 0.1) is 0 Å². The average molecular weight is 261 g/mol. The molecule has 0 unspecified atom stereocenters. The highest BCUT2D eigenvalue weighted by molar-refractivity contribution is 7.20. The van der Waals surface area contributed by atoms with Crippen LogP contribution in [-0.4, -0.2) is 23.2 Å². The molecular weight excluding hydrogens is 246 g/mol. The van der Waals surface area contributed by atoms with Crippen molar-refractivity contribution in [3.8, 4) is 0 Å². The van der Waals surface area contributed by atoms with Crippen LogP contribution < -0.4 is 5.32 Å². The maximum absolute atomic E-state index is 12.2. The third-order valence-electron chi connectivity index (χ3n) is 3.64. The summed E-state index contributed by atoms with van der Waals surface area (Å²) in [5, 5.41) is 13.4. The van der Waals surface area contributed by atoms with Crippen molar-refractivity contribution in [3.63, 3.8) is 0 Å². The number of nitrogens with one attached hydrogen (secondary N) is 1. The second-order valence-corrected chi connectivity index (χ2v) is 5.98. The Bertz CT molecular complexity index is 548. The van der Waals surface area contributed by atoms with Crippen molar-refractivity contribution in [2.75, 3.05) is 6.61 Å². The summed E-state index contributed by atoms with van der Waals surface area (Å²) >= 11 is 1.50. The van der Waals surface area contributed by atoms with Crippen LogP contribution >= 0.6 is 11.3 Å². The van der Waals surface area contributed by atoms with Gasteiger partial charge < -0.3 is 10.4 Å². The molecule has 4 heteroatoms. The van der Waals surface area contributed by atoms with Gasteiger partial charge in [-0.25, -0.2) is 0 Å². The van der Waals surface area contributed by atoms with Gasteiger partial charge >= 0.3 is 0 Å². The molecule has 3 nitrogen and oxygen atoms in total. The molecule has 0 atom stereocenters. The summed E-state index contributed by atoms with van der Waals surface area (Å²) in [6.07, 6.45) is 2.83. The first-order chi connectivity index (χ1) is 8.72. The molecule has 3 rings (SSSR count). The van der Waals surface area contributed by atoms with Gasteiger partial charge in [0, 0.05) is 4.70 Å². The highest BCUT2D eigenvalue weighted by atomic mass is 32.1. The molecule has 0 spiro atoms. The van der Waals surface area contributed by atoms with Gasteiger partial charge in [-0.05, 0) is 36.8 Å². The Labute approximate surface area is 109 Å². The van der Waals surface area contributed by atoms with E-state index in [2.05, 4.69) is 5.32 Å². The molecule has 2 aromatic rings. The summed E-state index contributed by atoms with van der Waals surface area (Å²) < 4.78 is 1.12. The average Bonchev–Trinajstić information content (AvgIpc) is 2.77. The first-order valence-electron chi connectivity index (χ1n) is 6.14. The smallest absolute Gasteiger partial charge is 0.261 e. The predicted molar refractivity (Wildman–Crippen MR) is 73.0 cm³/mol. The van der Waals surface area contributed by atoms with Crippen molar-refractivity contribution in [1.82, 2.24) is 5.32 Å². The molecule has 2 N–H and O–H groups in total. The van der Waals surface area contributed by atoms with Gasteiger partial charge in [-0.3, -0.25) is 4.79 Å². The molecule has 0 aliphatic heterocycles. The number of aliphatic hydroxyl groups excluding tert-OH is 1. The molecule has 1 fully saturated rings. The third kappa shape index (κ3) is 1.91. The Morgan fingerprint density at radius 2 is 2.17 bits per heavy atom. The summed E-state index contributed by atoms with van der Waals surface area (Å²) in [5.74, 6) is -0.0649. The topological polar surface area (TPSA) is 49.3 Å². The minimum Gasteiger partial charge on any atom is -0.394 e. The molecule has 1 saturated carbocycles. The van der Waals surface area contributed by atoms with E-state index in [1.807, 2.05) is 30.3 Å². The number of aliphatic hydroxyl groups is 1. The summed E-state index contributed by atoms with van der Waals surface area (Å²) in [5.41, 5.74) is -0.368. The summed E-state index contributed by atoms with van der Waals surface area (Å²) in [6, 6.07) is 9.88. The molecule has 1 aliphatic rings. The van der Waals surface area contributed by atoms with Crippen LogP contribution in [0.15, 0.2) is 30.3 Å². The molecule has 1 amide bonds. The van der Waals surface area contributed by atoms with Crippen LogP contribution in [0.5, 0.6) is 0 Å². The van der Waals surface area contributed by atoms with E-state index in [0.717, 1.165) is 34.2 Å². The number of carbonyl (C=O) groups is 1. The SMILES string of the molecule is O=C(NC1(CO)CCC1)c1cc2ccccc2s1. The van der Waals surface area contributed by atoms with Crippen LogP contribution in [-0.2, 0) is 0 Å². The molecule has 0 radical (unpaired) electrons. The Morgan fingerprint density at radius 1 is 1.39 bits per heavy atom. The maximum Gasteiger partial charge on any atom is 0.261 e. The lowest BCUT2D eigenvalue weighted by Crippen LogP contribution is -2.56. The maximum atomic E-state index is 12.2. The molecule has 94 valence electrons. The van der Waals surface area contributed by atoms with E-state index in [1.165, 1.54) is 11.3 Å². The number of carbonyl (C=O) groups excluding carboxylic acids is 1. The minimum absolute atomic E-state index is 0.0314. The molecule has 0 saturated heterocycles. The fraction of sp³-hybridized carbons (Fsp3) is 0.357. The first-order valence-corrected chi connectivity index (χ1v) is 6.96. The highest BCUT2D eigenvalue weighted by Crippen LogP contribution is 2.32. The van der Waals surface area contributed by atoms with E-state index in [1.54, 1.807) is 0 Å². The van der Waals surface area contributed by atoms with Crippen molar-refractivity contribution >= 4 is 27.3 Å². The summed E-state index contributed by atoms with van der Waals surface area (Å²) in [6.45, 7) is 0.0314. The Morgan fingerprint density at radius 3 is 2.78 bits per heavy atom. The zero-order chi connectivity index (χ0) is 12.6. The van der Waals surface area contributed by atoms with Gasteiger partial charge in [0.2, 0.25) is 0 Å². The Hall–Kier alpha value is -1.39. The number of hydrogen-bond acceptors (Lipinski definition) is 3. The van der Waals surface area contributed by atoms with Crippen LogP contribution in [0.4, 0.5) is 0 Å². The van der Waals surface area contributed by atoms with Gasteiger partial charge in [0.25, 0.3) is 5.91 Å². The van der Waals surface area contributed by atoms with Gasteiger partial charge in [0.1, 0.15) is 0 Å². The predicted octanol–water partition coefficient (Wildman–Crippen LogP) is 2.55. The second-order valence-electron chi connectivity index (χ2n) is 4.89. The van der Waals surface area contributed by atoms with E-state index in [0.29, 0.717) is 0 Å². The number of amides is 1. The van der Waals surface area contributed by atoms with Crippen molar-refractivity contribution in [2.45, 2.75) is 24.8 Å². The number of rotatable bonds is 3. The van der Waals surface area contributed by atoms with Gasteiger partial charge in [-0.15, -0.1) is 11.3 Å². The molecule has 1 aliphatic carbocycles. The standard InChI is InChI=1S/C14H15NO2S/c16-9-14(6-3-7-14)15-13(17)12-8-10-4-1-2-5-11(10)18-12/h1-2,4-5,8,16H,3,6-7,9H2,(H,15,17). The number of benzene rings is 1. The van der Waals surface area contributed by atoms with E-state index in [4.69, 9.17) is 0 Å². The zero-order valence-corrected chi connectivity index (χ0v) is 10.8. The monoisotopic (exact) mass is 261 g/mol. The van der Waals surface area contributed by atoms with Gasteiger partial charge in [0.15, 0.2) is 0 Å². The molecular formula is C14H15NO2S. The lowest BCUT2D eigenvalue weighted by Gasteiger charge is -2.40. The number of fused-ring (bicyclic) bond motifs is 1. The fourth-order valence-corrected chi connectivity index (χ4v) is 3.28. The molecule has 18 heavy (non-hydrogen) atoms. The van der Waals surface area contributed by atoms with Gasteiger partial charge in [-0.2, -0.15) is 0 Å². The lowest BCUT2D eigenvalue weighted by molar-refractivity contribution is 0.0645. The van der Waals surface area contributed by atoms with Crippen LogP contribution in [0.25, 0.3) is 10.1 Å². The summed E-state index contributed by atoms with van der Waals surface area (Å²) in [4.78, 5) is 12.9. The molecule has 1 heterocycles.